The number of nitrogens with one attached hydrogen (secondary N) is 1. The van der Waals surface area contributed by atoms with Crippen molar-refractivity contribution in [3.63, 3.8) is 0 Å². The predicted octanol–water partition coefficient (Wildman–Crippen LogP) is 3.75. The fraction of sp³-hybridized carbons (Fsp3) is 1.00. The van der Waals surface area contributed by atoms with Crippen LogP contribution in [0.5, 0.6) is 0 Å². The minimum atomic E-state index is -0.0152. The largest absolute Gasteiger partial charge is 0.379 e. The van der Waals surface area contributed by atoms with Gasteiger partial charge in [0, 0.05) is 19.2 Å². The molecule has 0 aromatic carbocycles. The van der Waals surface area contributed by atoms with E-state index in [1.807, 2.05) is 0 Å². The van der Waals surface area contributed by atoms with Gasteiger partial charge in [0.15, 0.2) is 0 Å². The molecule has 2 nitrogen and oxygen atoms in total. The molecular weight excluding hydrogens is 210 g/mol. The van der Waals surface area contributed by atoms with Crippen molar-refractivity contribution < 1.29 is 4.74 Å². The van der Waals surface area contributed by atoms with E-state index >= 15 is 0 Å². The molecule has 0 radical (unpaired) electrons. The molecule has 1 fully saturated rings. The monoisotopic (exact) mass is 241 g/mol. The highest BCUT2D eigenvalue weighted by Gasteiger charge is 2.24. The molecule has 0 aromatic rings. The third-order valence-corrected chi connectivity index (χ3v) is 4.25. The molecule has 2 atom stereocenters. The van der Waals surface area contributed by atoms with Crippen molar-refractivity contribution in [2.75, 3.05) is 7.11 Å². The lowest BCUT2D eigenvalue weighted by atomic mass is 9.84. The Morgan fingerprint density at radius 1 is 1.18 bits per heavy atom. The zero-order valence-electron chi connectivity index (χ0n) is 12.4. The van der Waals surface area contributed by atoms with Gasteiger partial charge in [-0.05, 0) is 52.9 Å². The molecule has 102 valence electrons. The third kappa shape index (κ3) is 5.39. The van der Waals surface area contributed by atoms with Crippen molar-refractivity contribution in [2.24, 2.45) is 5.92 Å². The van der Waals surface area contributed by atoms with Gasteiger partial charge in [0.05, 0.1) is 5.60 Å². The van der Waals surface area contributed by atoms with Gasteiger partial charge < -0.3 is 10.1 Å². The maximum Gasteiger partial charge on any atom is 0.0637 e. The van der Waals surface area contributed by atoms with E-state index in [0.717, 1.165) is 12.3 Å². The van der Waals surface area contributed by atoms with Crippen LogP contribution in [0, 0.1) is 5.92 Å². The summed E-state index contributed by atoms with van der Waals surface area (Å²) < 4.78 is 5.50. The van der Waals surface area contributed by atoms with Gasteiger partial charge in [-0.3, -0.25) is 0 Å². The highest BCUT2D eigenvalue weighted by atomic mass is 16.5. The predicted molar refractivity (Wildman–Crippen MR) is 74.3 cm³/mol. The first-order valence-electron chi connectivity index (χ1n) is 7.26. The third-order valence-electron chi connectivity index (χ3n) is 4.25. The van der Waals surface area contributed by atoms with Crippen LogP contribution < -0.4 is 5.32 Å². The number of hydrogen-bond acceptors (Lipinski definition) is 2. The Labute approximate surface area is 108 Å². The van der Waals surface area contributed by atoms with E-state index in [1.54, 1.807) is 7.11 Å². The zero-order valence-corrected chi connectivity index (χ0v) is 12.4. The summed E-state index contributed by atoms with van der Waals surface area (Å²) in [7, 11) is 1.80. The second-order valence-electron chi connectivity index (χ2n) is 6.42. The second kappa shape index (κ2) is 6.75. The van der Waals surface area contributed by atoms with Crippen LogP contribution in [0.15, 0.2) is 0 Å². The van der Waals surface area contributed by atoms with E-state index in [4.69, 9.17) is 4.74 Å². The Morgan fingerprint density at radius 2 is 1.76 bits per heavy atom. The lowest BCUT2D eigenvalue weighted by Gasteiger charge is -2.33. The van der Waals surface area contributed by atoms with Crippen LogP contribution in [0.25, 0.3) is 0 Å². The minimum Gasteiger partial charge on any atom is -0.379 e. The van der Waals surface area contributed by atoms with E-state index < -0.39 is 0 Å². The molecule has 1 aliphatic rings. The summed E-state index contributed by atoms with van der Waals surface area (Å²) in [6, 6.07) is 1.18. The molecule has 0 aromatic heterocycles. The summed E-state index contributed by atoms with van der Waals surface area (Å²) in [4.78, 5) is 0. The minimum absolute atomic E-state index is 0.0152. The maximum absolute atomic E-state index is 5.50. The molecule has 1 rings (SSSR count). The van der Waals surface area contributed by atoms with Crippen molar-refractivity contribution in [3.05, 3.63) is 0 Å². The summed E-state index contributed by atoms with van der Waals surface area (Å²) in [6.45, 7) is 8.96. The summed E-state index contributed by atoms with van der Waals surface area (Å²) >= 11 is 0. The molecule has 1 aliphatic carbocycles. The molecule has 1 unspecified atom stereocenters. The maximum atomic E-state index is 5.50. The van der Waals surface area contributed by atoms with Crippen LogP contribution in [0.2, 0.25) is 0 Å². The van der Waals surface area contributed by atoms with Crippen LogP contribution >= 0.6 is 0 Å². The van der Waals surface area contributed by atoms with Gasteiger partial charge in [-0.1, -0.05) is 19.3 Å². The Bertz CT molecular complexity index is 209. The first kappa shape index (κ1) is 15.0. The van der Waals surface area contributed by atoms with Crippen LogP contribution in [-0.2, 0) is 4.74 Å². The van der Waals surface area contributed by atoms with Crippen LogP contribution in [0.3, 0.4) is 0 Å². The smallest absolute Gasteiger partial charge is 0.0637 e. The molecule has 0 saturated heterocycles. The average molecular weight is 241 g/mol. The highest BCUT2D eigenvalue weighted by molar-refractivity contribution is 4.81. The average Bonchev–Trinajstić information content (AvgIpc) is 2.29. The van der Waals surface area contributed by atoms with Gasteiger partial charge in [-0.25, -0.2) is 0 Å². The Morgan fingerprint density at radius 3 is 2.29 bits per heavy atom. The van der Waals surface area contributed by atoms with Gasteiger partial charge in [-0.15, -0.1) is 0 Å². The van der Waals surface area contributed by atoms with E-state index in [9.17, 15) is 0 Å². The van der Waals surface area contributed by atoms with Gasteiger partial charge in [0.25, 0.3) is 0 Å². The van der Waals surface area contributed by atoms with Gasteiger partial charge in [0.1, 0.15) is 0 Å². The van der Waals surface area contributed by atoms with Gasteiger partial charge in [-0.2, -0.15) is 0 Å². The summed E-state index contributed by atoms with van der Waals surface area (Å²) in [6.07, 6.45) is 8.18. The topological polar surface area (TPSA) is 21.3 Å². The van der Waals surface area contributed by atoms with E-state index in [-0.39, 0.29) is 5.60 Å². The van der Waals surface area contributed by atoms with Crippen LogP contribution in [-0.4, -0.2) is 24.8 Å². The fourth-order valence-electron chi connectivity index (χ4n) is 3.10. The summed E-state index contributed by atoms with van der Waals surface area (Å²) in [5, 5.41) is 3.76. The van der Waals surface area contributed by atoms with E-state index in [2.05, 4.69) is 33.0 Å². The van der Waals surface area contributed by atoms with Crippen molar-refractivity contribution in [1.29, 1.82) is 0 Å². The van der Waals surface area contributed by atoms with E-state index in [1.165, 1.54) is 32.1 Å². The SMILES string of the molecule is COC(C)(C)CC(C)N[C@H](C)C1CCCCC1. The number of ether oxygens (including phenoxy) is 1. The Hall–Kier alpha value is -0.0800. The first-order valence-corrected chi connectivity index (χ1v) is 7.26. The zero-order chi connectivity index (χ0) is 12.9. The molecular formula is C15H31NO. The standard InChI is InChI=1S/C15H31NO/c1-12(11-15(3,4)17-5)16-13(2)14-9-7-6-8-10-14/h12-14,16H,6-11H2,1-5H3/t12?,13-/m1/s1. The van der Waals surface area contributed by atoms with Crippen molar-refractivity contribution in [3.8, 4) is 0 Å². The van der Waals surface area contributed by atoms with Gasteiger partial charge >= 0.3 is 0 Å². The number of methoxy groups -OCH3 is 1. The van der Waals surface area contributed by atoms with Gasteiger partial charge in [0.2, 0.25) is 0 Å². The molecule has 17 heavy (non-hydrogen) atoms. The van der Waals surface area contributed by atoms with Crippen LogP contribution in [0.1, 0.15) is 66.2 Å². The lowest BCUT2D eigenvalue weighted by Crippen LogP contribution is -2.43. The molecule has 1 N–H and O–H groups in total. The van der Waals surface area contributed by atoms with Crippen molar-refractivity contribution in [1.82, 2.24) is 5.32 Å². The Balaban J connectivity index is 2.31. The quantitative estimate of drug-likeness (QED) is 0.764. The number of rotatable bonds is 6. The molecule has 0 spiro atoms. The molecule has 0 amide bonds. The molecule has 1 saturated carbocycles. The Kier molecular flexibility index (Phi) is 5.94. The molecule has 0 heterocycles. The summed E-state index contributed by atoms with van der Waals surface area (Å²) in [5.41, 5.74) is -0.0152. The highest BCUT2D eigenvalue weighted by Crippen LogP contribution is 2.27. The fourth-order valence-corrected chi connectivity index (χ4v) is 3.10. The van der Waals surface area contributed by atoms with Crippen LogP contribution in [0.4, 0.5) is 0 Å². The molecule has 0 bridgehead atoms. The molecule has 0 aliphatic heterocycles. The lowest BCUT2D eigenvalue weighted by molar-refractivity contribution is 0.00701. The van der Waals surface area contributed by atoms with E-state index in [0.29, 0.717) is 12.1 Å². The molecule has 2 heteroatoms. The second-order valence-corrected chi connectivity index (χ2v) is 6.42. The van der Waals surface area contributed by atoms with Crippen molar-refractivity contribution in [2.45, 2.75) is 83.9 Å². The summed E-state index contributed by atoms with van der Waals surface area (Å²) in [5.74, 6) is 0.886. The number of hydrogen-bond donors (Lipinski definition) is 1. The van der Waals surface area contributed by atoms with Crippen molar-refractivity contribution >= 4 is 0 Å². The normalized spacial score (nSPS) is 22.4. The first-order chi connectivity index (χ1) is 7.94.